The zero-order chi connectivity index (χ0) is 14.1. The number of hydrogen-bond donors (Lipinski definition) is 2. The van der Waals surface area contributed by atoms with Crippen molar-refractivity contribution in [1.29, 1.82) is 0 Å². The summed E-state index contributed by atoms with van der Waals surface area (Å²) in [4.78, 5) is 12.4. The van der Waals surface area contributed by atoms with Crippen LogP contribution in [0.5, 0.6) is 5.75 Å². The van der Waals surface area contributed by atoms with Crippen LogP contribution in [-0.4, -0.2) is 25.2 Å². The normalized spacial score (nSPS) is 10.7. The number of aryl methyl sites for hydroxylation is 1. The van der Waals surface area contributed by atoms with Crippen LogP contribution in [0.4, 0.5) is 5.69 Å². The van der Waals surface area contributed by atoms with Gasteiger partial charge in [0.05, 0.1) is 11.3 Å². The Hall–Kier alpha value is -2.96. The molecular weight excluding hydrogens is 258 g/mol. The number of phenolic OH excluding ortho intramolecular Hbond substituents is 1. The molecule has 7 nitrogen and oxygen atoms in total. The fourth-order valence-corrected chi connectivity index (χ4v) is 1.67. The monoisotopic (exact) mass is 269 g/mol. The number of nitrogens with two attached hydrogens (primary N) is 1. The van der Waals surface area contributed by atoms with Gasteiger partial charge in [-0.2, -0.15) is 4.98 Å². The van der Waals surface area contributed by atoms with Crippen molar-refractivity contribution >= 4 is 5.69 Å². The fraction of sp³-hybridized carbons (Fsp3) is 0.0769. The summed E-state index contributed by atoms with van der Waals surface area (Å²) in [5.74, 6) is 0.678. The lowest BCUT2D eigenvalue weighted by Crippen LogP contribution is -1.91. The molecule has 2 heterocycles. The minimum atomic E-state index is -0.0903. The quantitative estimate of drug-likeness (QED) is 0.538. The summed E-state index contributed by atoms with van der Waals surface area (Å²) in [5, 5.41) is 13.7. The van der Waals surface area contributed by atoms with E-state index in [1.54, 1.807) is 30.6 Å². The van der Waals surface area contributed by atoms with Gasteiger partial charge in [0, 0.05) is 12.4 Å². The number of phenols is 1. The summed E-state index contributed by atoms with van der Waals surface area (Å²) in [5.41, 5.74) is 7.18. The molecule has 3 N–H and O–H groups in total. The first-order valence-corrected chi connectivity index (χ1v) is 5.85. The van der Waals surface area contributed by atoms with E-state index < -0.39 is 0 Å². The maximum Gasteiger partial charge on any atom is 0.262 e. The Bertz CT molecular complexity index is 752. The van der Waals surface area contributed by atoms with Crippen LogP contribution in [-0.2, 0) is 0 Å². The first-order chi connectivity index (χ1) is 9.65. The molecule has 1 aromatic carbocycles. The fourth-order valence-electron chi connectivity index (χ4n) is 1.67. The summed E-state index contributed by atoms with van der Waals surface area (Å²) >= 11 is 0. The van der Waals surface area contributed by atoms with E-state index >= 15 is 0 Å². The van der Waals surface area contributed by atoms with Crippen LogP contribution < -0.4 is 5.73 Å². The number of para-hydroxylation sites is 1. The van der Waals surface area contributed by atoms with Gasteiger partial charge in [-0.25, -0.2) is 9.97 Å². The van der Waals surface area contributed by atoms with Crippen molar-refractivity contribution in [1.82, 2.24) is 20.1 Å². The van der Waals surface area contributed by atoms with E-state index in [-0.39, 0.29) is 23.2 Å². The van der Waals surface area contributed by atoms with Crippen molar-refractivity contribution < 1.29 is 9.63 Å². The van der Waals surface area contributed by atoms with Crippen LogP contribution in [0.1, 0.15) is 5.56 Å². The van der Waals surface area contributed by atoms with E-state index in [9.17, 15) is 5.11 Å². The molecule has 0 aliphatic carbocycles. The number of aromatic hydroxyl groups is 1. The molecule has 3 aromatic rings. The van der Waals surface area contributed by atoms with E-state index in [1.807, 2.05) is 6.92 Å². The van der Waals surface area contributed by atoms with E-state index in [1.165, 1.54) is 0 Å². The van der Waals surface area contributed by atoms with Crippen LogP contribution in [0.25, 0.3) is 23.1 Å². The van der Waals surface area contributed by atoms with Gasteiger partial charge in [-0.1, -0.05) is 11.2 Å². The number of hydrogen-bond acceptors (Lipinski definition) is 7. The molecule has 0 fully saturated rings. The highest BCUT2D eigenvalue weighted by atomic mass is 16.5. The number of rotatable bonds is 2. The number of anilines is 1. The van der Waals surface area contributed by atoms with Crippen LogP contribution >= 0.6 is 0 Å². The summed E-state index contributed by atoms with van der Waals surface area (Å²) < 4.78 is 5.11. The molecular formula is C13H11N5O2. The molecule has 0 aliphatic rings. The first-order valence-electron chi connectivity index (χ1n) is 5.85. The lowest BCUT2D eigenvalue weighted by atomic mass is 10.2. The topological polar surface area (TPSA) is 111 Å². The highest BCUT2D eigenvalue weighted by molar-refractivity contribution is 5.72. The summed E-state index contributed by atoms with van der Waals surface area (Å²) in [6, 6.07) is 4.91. The minimum Gasteiger partial charge on any atom is -0.505 e. The zero-order valence-electron chi connectivity index (χ0n) is 10.6. The van der Waals surface area contributed by atoms with Gasteiger partial charge in [-0.3, -0.25) is 0 Å². The average Bonchev–Trinajstić information content (AvgIpc) is 2.92. The second kappa shape index (κ2) is 4.61. The predicted octanol–water partition coefficient (Wildman–Crippen LogP) is 1.79. The van der Waals surface area contributed by atoms with Crippen molar-refractivity contribution in [3.63, 3.8) is 0 Å². The molecule has 7 heteroatoms. The molecule has 0 spiro atoms. The molecule has 0 unspecified atom stereocenters. The molecule has 0 amide bonds. The van der Waals surface area contributed by atoms with Crippen LogP contribution in [0, 0.1) is 6.92 Å². The number of aromatic nitrogens is 4. The third-order valence-electron chi connectivity index (χ3n) is 2.70. The van der Waals surface area contributed by atoms with Crippen molar-refractivity contribution in [3.8, 4) is 28.9 Å². The Morgan fingerprint density at radius 2 is 1.90 bits per heavy atom. The SMILES string of the molecule is Cc1cnc(-c2noc(-c3cccc(N)c3O)n2)nc1. The van der Waals surface area contributed by atoms with Gasteiger partial charge in [0.25, 0.3) is 5.89 Å². The van der Waals surface area contributed by atoms with Crippen LogP contribution in [0.15, 0.2) is 35.1 Å². The van der Waals surface area contributed by atoms with Gasteiger partial charge in [0.15, 0.2) is 5.75 Å². The first kappa shape index (κ1) is 12.1. The standard InChI is InChI=1S/C13H11N5O2/c1-7-5-15-11(16-6-7)12-17-13(20-18-12)8-3-2-4-9(14)10(8)19/h2-6,19H,14H2,1H3. The molecule has 0 atom stereocenters. The Kier molecular flexibility index (Phi) is 2.79. The third-order valence-corrected chi connectivity index (χ3v) is 2.70. The van der Waals surface area contributed by atoms with Crippen molar-refractivity contribution in [2.45, 2.75) is 6.92 Å². The van der Waals surface area contributed by atoms with E-state index in [4.69, 9.17) is 10.3 Å². The van der Waals surface area contributed by atoms with Gasteiger partial charge in [0.2, 0.25) is 11.6 Å². The zero-order valence-corrected chi connectivity index (χ0v) is 10.6. The Labute approximate surface area is 114 Å². The largest absolute Gasteiger partial charge is 0.505 e. The lowest BCUT2D eigenvalue weighted by molar-refractivity contribution is 0.425. The summed E-state index contributed by atoms with van der Waals surface area (Å²) in [6.45, 7) is 1.89. The van der Waals surface area contributed by atoms with E-state index in [2.05, 4.69) is 20.1 Å². The molecule has 0 saturated carbocycles. The van der Waals surface area contributed by atoms with Gasteiger partial charge in [-0.15, -0.1) is 0 Å². The average molecular weight is 269 g/mol. The minimum absolute atomic E-state index is 0.0903. The summed E-state index contributed by atoms with van der Waals surface area (Å²) in [6.07, 6.45) is 3.33. The third kappa shape index (κ3) is 2.05. The van der Waals surface area contributed by atoms with Gasteiger partial charge < -0.3 is 15.4 Å². The molecule has 0 bridgehead atoms. The predicted molar refractivity (Wildman–Crippen MR) is 71.6 cm³/mol. The van der Waals surface area contributed by atoms with Crippen LogP contribution in [0.2, 0.25) is 0 Å². The lowest BCUT2D eigenvalue weighted by Gasteiger charge is -2.01. The molecule has 2 aromatic heterocycles. The van der Waals surface area contributed by atoms with Crippen molar-refractivity contribution in [3.05, 3.63) is 36.2 Å². The van der Waals surface area contributed by atoms with Crippen molar-refractivity contribution in [2.24, 2.45) is 0 Å². The second-order valence-electron chi connectivity index (χ2n) is 4.25. The van der Waals surface area contributed by atoms with E-state index in [0.29, 0.717) is 11.4 Å². The van der Waals surface area contributed by atoms with Gasteiger partial charge in [0.1, 0.15) is 0 Å². The number of nitrogens with zero attached hydrogens (tertiary/aromatic N) is 4. The second-order valence-corrected chi connectivity index (χ2v) is 4.25. The van der Waals surface area contributed by atoms with E-state index in [0.717, 1.165) is 5.56 Å². The highest BCUT2D eigenvalue weighted by Crippen LogP contribution is 2.33. The maximum absolute atomic E-state index is 9.88. The maximum atomic E-state index is 9.88. The van der Waals surface area contributed by atoms with Gasteiger partial charge >= 0.3 is 0 Å². The molecule has 100 valence electrons. The number of benzene rings is 1. The molecule has 3 rings (SSSR count). The van der Waals surface area contributed by atoms with Gasteiger partial charge in [-0.05, 0) is 24.6 Å². The summed E-state index contributed by atoms with van der Waals surface area (Å²) in [7, 11) is 0. The molecule has 0 radical (unpaired) electrons. The number of nitrogen functional groups attached to an aromatic ring is 1. The molecule has 0 aliphatic heterocycles. The van der Waals surface area contributed by atoms with Crippen molar-refractivity contribution in [2.75, 3.05) is 5.73 Å². The molecule has 20 heavy (non-hydrogen) atoms. The Morgan fingerprint density at radius 3 is 2.65 bits per heavy atom. The smallest absolute Gasteiger partial charge is 0.262 e. The molecule has 0 saturated heterocycles. The Morgan fingerprint density at radius 1 is 1.15 bits per heavy atom. The highest BCUT2D eigenvalue weighted by Gasteiger charge is 2.16. The Balaban J connectivity index is 2.02. The van der Waals surface area contributed by atoms with Crippen LogP contribution in [0.3, 0.4) is 0 Å².